The fourth-order valence-electron chi connectivity index (χ4n) is 3.94. The number of aryl methyl sites for hydroxylation is 1. The van der Waals surface area contributed by atoms with Crippen molar-refractivity contribution in [3.63, 3.8) is 0 Å². The van der Waals surface area contributed by atoms with Crippen LogP contribution in [-0.4, -0.2) is 43.7 Å². The van der Waals surface area contributed by atoms with Crippen LogP contribution in [0.25, 0.3) is 22.5 Å². The highest BCUT2D eigenvalue weighted by molar-refractivity contribution is 7.15. The SMILES string of the molecule is CCOC(=O)c1nc(NCc2ccc(-c3ccccc3-c3nnnn3C(=O)C3CC3)cc2)sc1CC. The van der Waals surface area contributed by atoms with Crippen LogP contribution in [0.5, 0.6) is 0 Å². The van der Waals surface area contributed by atoms with Gasteiger partial charge in [-0.15, -0.1) is 16.4 Å². The molecule has 0 amide bonds. The standard InChI is InChI=1S/C26H26N6O3S/c1-3-21-22(25(34)35-4-2)28-26(36-21)27-15-16-9-11-17(12-10-16)19-7-5-6-8-20(19)23-29-30-31-32(23)24(33)18-13-14-18/h5-12,18H,3-4,13-15H2,1-2H3,(H,27,28). The molecule has 4 aromatic rings. The minimum atomic E-state index is -0.383. The van der Waals surface area contributed by atoms with E-state index in [2.05, 4.69) is 25.8 Å². The van der Waals surface area contributed by atoms with E-state index in [1.165, 1.54) is 16.0 Å². The number of tetrazole rings is 1. The average Bonchev–Trinajstić information content (AvgIpc) is 3.49. The summed E-state index contributed by atoms with van der Waals surface area (Å²) in [6, 6.07) is 16.0. The smallest absolute Gasteiger partial charge is 0.358 e. The van der Waals surface area contributed by atoms with E-state index in [0.29, 0.717) is 29.8 Å². The maximum Gasteiger partial charge on any atom is 0.358 e. The number of anilines is 1. The minimum absolute atomic E-state index is 0.0193. The predicted molar refractivity (Wildman–Crippen MR) is 137 cm³/mol. The molecule has 0 aliphatic heterocycles. The molecule has 1 N–H and O–H groups in total. The first-order valence-electron chi connectivity index (χ1n) is 12.0. The quantitative estimate of drug-likeness (QED) is 0.255. The lowest BCUT2D eigenvalue weighted by molar-refractivity contribution is 0.0519. The van der Waals surface area contributed by atoms with E-state index in [1.807, 2.05) is 55.5 Å². The van der Waals surface area contributed by atoms with Crippen LogP contribution in [0.3, 0.4) is 0 Å². The number of nitrogens with one attached hydrogen (secondary N) is 1. The fraction of sp³-hybridized carbons (Fsp3) is 0.308. The van der Waals surface area contributed by atoms with Crippen LogP contribution in [0.4, 0.5) is 5.13 Å². The Morgan fingerprint density at radius 2 is 1.83 bits per heavy atom. The van der Waals surface area contributed by atoms with Crippen molar-refractivity contribution in [3.05, 3.63) is 64.7 Å². The molecule has 2 heterocycles. The number of thiazole rings is 1. The number of ether oxygens (including phenoxy) is 1. The number of carbonyl (C=O) groups excluding carboxylic acids is 2. The van der Waals surface area contributed by atoms with Gasteiger partial charge in [0.05, 0.1) is 6.61 Å². The van der Waals surface area contributed by atoms with E-state index < -0.39 is 0 Å². The average molecular weight is 503 g/mol. The maximum absolute atomic E-state index is 12.6. The van der Waals surface area contributed by atoms with Crippen molar-refractivity contribution < 1.29 is 14.3 Å². The molecule has 36 heavy (non-hydrogen) atoms. The highest BCUT2D eigenvalue weighted by Crippen LogP contribution is 2.34. The second kappa shape index (κ2) is 10.4. The Hall–Kier alpha value is -3.92. The monoisotopic (exact) mass is 502 g/mol. The zero-order valence-corrected chi connectivity index (χ0v) is 20.9. The maximum atomic E-state index is 12.6. The summed E-state index contributed by atoms with van der Waals surface area (Å²) in [6.45, 7) is 4.67. The van der Waals surface area contributed by atoms with Gasteiger partial charge in [0.1, 0.15) is 0 Å². The highest BCUT2D eigenvalue weighted by atomic mass is 32.1. The van der Waals surface area contributed by atoms with Crippen LogP contribution in [0.2, 0.25) is 0 Å². The fourth-order valence-corrected chi connectivity index (χ4v) is 4.83. The van der Waals surface area contributed by atoms with Gasteiger partial charge < -0.3 is 10.1 Å². The first-order chi connectivity index (χ1) is 17.6. The van der Waals surface area contributed by atoms with Crippen molar-refractivity contribution >= 4 is 28.3 Å². The molecular weight excluding hydrogens is 476 g/mol. The molecule has 184 valence electrons. The third kappa shape index (κ3) is 4.90. The van der Waals surface area contributed by atoms with Gasteiger partial charge in [0.25, 0.3) is 5.91 Å². The summed E-state index contributed by atoms with van der Waals surface area (Å²) >= 11 is 1.47. The molecule has 0 spiro atoms. The van der Waals surface area contributed by atoms with Gasteiger partial charge >= 0.3 is 5.97 Å². The number of aromatic nitrogens is 5. The molecular formula is C26H26N6O3S. The molecule has 1 fully saturated rings. The number of benzene rings is 2. The van der Waals surface area contributed by atoms with E-state index in [1.54, 1.807) is 6.92 Å². The van der Waals surface area contributed by atoms with Gasteiger partial charge in [-0.05, 0) is 53.3 Å². The summed E-state index contributed by atoms with van der Waals surface area (Å²) in [5, 5.41) is 15.9. The molecule has 0 radical (unpaired) electrons. The second-order valence-electron chi connectivity index (χ2n) is 8.49. The largest absolute Gasteiger partial charge is 0.461 e. The topological polar surface area (TPSA) is 112 Å². The van der Waals surface area contributed by atoms with Crippen molar-refractivity contribution in [2.24, 2.45) is 5.92 Å². The molecule has 2 aromatic carbocycles. The molecule has 0 atom stereocenters. The zero-order valence-electron chi connectivity index (χ0n) is 20.1. The number of esters is 1. The highest BCUT2D eigenvalue weighted by Gasteiger charge is 2.33. The van der Waals surface area contributed by atoms with Crippen LogP contribution in [0.1, 0.15) is 52.4 Å². The molecule has 1 aliphatic rings. The van der Waals surface area contributed by atoms with Crippen LogP contribution in [-0.2, 0) is 17.7 Å². The van der Waals surface area contributed by atoms with E-state index in [-0.39, 0.29) is 17.8 Å². The Balaban J connectivity index is 1.33. The Labute approximate surface area is 212 Å². The van der Waals surface area contributed by atoms with Crippen molar-refractivity contribution in [3.8, 4) is 22.5 Å². The summed E-state index contributed by atoms with van der Waals surface area (Å²) in [7, 11) is 0. The van der Waals surface area contributed by atoms with Gasteiger partial charge in [0, 0.05) is 22.9 Å². The Morgan fingerprint density at radius 3 is 2.53 bits per heavy atom. The number of carbonyl (C=O) groups is 2. The lowest BCUT2D eigenvalue weighted by Gasteiger charge is -2.10. The van der Waals surface area contributed by atoms with Crippen molar-refractivity contribution in [1.29, 1.82) is 0 Å². The number of rotatable bonds is 9. The first kappa shape index (κ1) is 23.8. The molecule has 0 unspecified atom stereocenters. The lowest BCUT2D eigenvalue weighted by Crippen LogP contribution is -2.16. The summed E-state index contributed by atoms with van der Waals surface area (Å²) in [5.74, 6) is 0.0456. The third-order valence-electron chi connectivity index (χ3n) is 5.97. The van der Waals surface area contributed by atoms with Crippen LogP contribution < -0.4 is 5.32 Å². The van der Waals surface area contributed by atoms with Crippen molar-refractivity contribution in [1.82, 2.24) is 25.2 Å². The molecule has 9 nitrogen and oxygen atoms in total. The molecule has 0 saturated heterocycles. The molecule has 10 heteroatoms. The van der Waals surface area contributed by atoms with Gasteiger partial charge in [-0.1, -0.05) is 55.5 Å². The number of nitrogens with zero attached hydrogens (tertiary/aromatic N) is 5. The number of hydrogen-bond donors (Lipinski definition) is 1. The van der Waals surface area contributed by atoms with Gasteiger partial charge in [-0.3, -0.25) is 4.79 Å². The van der Waals surface area contributed by atoms with Gasteiger partial charge in [-0.2, -0.15) is 4.68 Å². The Morgan fingerprint density at radius 1 is 1.08 bits per heavy atom. The third-order valence-corrected chi connectivity index (χ3v) is 7.13. The lowest BCUT2D eigenvalue weighted by atomic mass is 9.98. The van der Waals surface area contributed by atoms with Gasteiger partial charge in [0.15, 0.2) is 16.6 Å². The summed E-state index contributed by atoms with van der Waals surface area (Å²) in [6.07, 6.45) is 2.50. The second-order valence-corrected chi connectivity index (χ2v) is 9.57. The van der Waals surface area contributed by atoms with Crippen LogP contribution in [0, 0.1) is 5.92 Å². The molecule has 1 saturated carbocycles. The van der Waals surface area contributed by atoms with E-state index in [0.717, 1.165) is 46.4 Å². The minimum Gasteiger partial charge on any atom is -0.461 e. The van der Waals surface area contributed by atoms with E-state index in [4.69, 9.17) is 4.74 Å². The summed E-state index contributed by atoms with van der Waals surface area (Å²) in [4.78, 5) is 30.1. The summed E-state index contributed by atoms with van der Waals surface area (Å²) in [5.41, 5.74) is 4.21. The molecule has 5 rings (SSSR count). The number of hydrogen-bond acceptors (Lipinski definition) is 9. The predicted octanol–water partition coefficient (Wildman–Crippen LogP) is 4.87. The molecule has 2 aromatic heterocycles. The molecule has 0 bridgehead atoms. The normalized spacial score (nSPS) is 12.9. The van der Waals surface area contributed by atoms with E-state index >= 15 is 0 Å². The van der Waals surface area contributed by atoms with Gasteiger partial charge in [-0.25, -0.2) is 9.78 Å². The van der Waals surface area contributed by atoms with E-state index in [9.17, 15) is 9.59 Å². The van der Waals surface area contributed by atoms with Crippen molar-refractivity contribution in [2.75, 3.05) is 11.9 Å². The van der Waals surface area contributed by atoms with Crippen molar-refractivity contribution in [2.45, 2.75) is 39.7 Å². The Bertz CT molecular complexity index is 1390. The zero-order chi connectivity index (χ0) is 25.1. The van der Waals surface area contributed by atoms with Gasteiger partial charge in [0.2, 0.25) is 0 Å². The summed E-state index contributed by atoms with van der Waals surface area (Å²) < 4.78 is 6.45. The van der Waals surface area contributed by atoms with Crippen LogP contribution in [0.15, 0.2) is 48.5 Å². The Kier molecular flexibility index (Phi) is 6.86. The van der Waals surface area contributed by atoms with Crippen LogP contribution >= 0.6 is 11.3 Å². The first-order valence-corrected chi connectivity index (χ1v) is 12.8. The molecule has 1 aliphatic carbocycles.